The largest absolute Gasteiger partial charge is 0.472 e. The van der Waals surface area contributed by atoms with Crippen LogP contribution in [0.2, 0.25) is 0 Å². The lowest BCUT2D eigenvalue weighted by Crippen LogP contribution is -2.30. The van der Waals surface area contributed by atoms with Gasteiger partial charge in [0.15, 0.2) is 12.2 Å². The van der Waals surface area contributed by atoms with Crippen LogP contribution in [0, 0.1) is 0 Å². The Morgan fingerprint density at radius 2 is 0.531 bits per heavy atom. The molecule has 0 fully saturated rings. The van der Waals surface area contributed by atoms with Crippen molar-refractivity contribution < 1.29 is 80.2 Å². The predicted molar refractivity (Wildman–Crippen MR) is 400 cm³/mol. The molecule has 0 aliphatic carbocycles. The van der Waals surface area contributed by atoms with E-state index in [2.05, 4.69) is 101 Å². The van der Waals surface area contributed by atoms with Crippen molar-refractivity contribution in [3.63, 3.8) is 0 Å². The molecule has 0 saturated carbocycles. The minimum absolute atomic E-state index is 0.0833. The highest BCUT2D eigenvalue weighted by molar-refractivity contribution is 7.47. The average molecular weight is 1430 g/mol. The normalized spacial score (nSPS) is 14.3. The van der Waals surface area contributed by atoms with Gasteiger partial charge in [0.05, 0.1) is 26.4 Å². The molecule has 0 aromatic rings. The summed E-state index contributed by atoms with van der Waals surface area (Å²) in [5.74, 6) is -2.20. The van der Waals surface area contributed by atoms with E-state index in [-0.39, 0.29) is 25.7 Å². The van der Waals surface area contributed by atoms with Crippen LogP contribution in [0.15, 0.2) is 72.9 Å². The number of phosphoric ester groups is 2. The van der Waals surface area contributed by atoms with Crippen molar-refractivity contribution in [1.82, 2.24) is 0 Å². The van der Waals surface area contributed by atoms with E-state index in [4.69, 9.17) is 37.0 Å². The Balaban J connectivity index is 5.35. The van der Waals surface area contributed by atoms with Crippen LogP contribution in [0.25, 0.3) is 0 Å². The Hall–Kier alpha value is -3.50. The zero-order valence-corrected chi connectivity index (χ0v) is 64.0. The Labute approximate surface area is 596 Å². The lowest BCUT2D eigenvalue weighted by atomic mass is 10.1. The number of aliphatic hydroxyl groups excluding tert-OH is 1. The number of unbranched alkanes of at least 4 members (excludes halogenated alkanes) is 36. The van der Waals surface area contributed by atoms with Crippen LogP contribution in [-0.4, -0.2) is 96.7 Å². The first kappa shape index (κ1) is 94.5. The highest BCUT2D eigenvalue weighted by atomic mass is 31.2. The number of carbonyl (C=O) groups excluding carboxylic acids is 4. The number of ether oxygens (including phenoxy) is 4. The van der Waals surface area contributed by atoms with Crippen molar-refractivity contribution in [2.45, 2.75) is 367 Å². The Morgan fingerprint density at radius 3 is 0.837 bits per heavy atom. The van der Waals surface area contributed by atoms with Crippen LogP contribution >= 0.6 is 15.6 Å². The molecule has 0 amide bonds. The molecule has 5 atom stereocenters. The lowest BCUT2D eigenvalue weighted by molar-refractivity contribution is -0.161. The highest BCUT2D eigenvalue weighted by Gasteiger charge is 2.30. The number of hydrogen-bond donors (Lipinski definition) is 3. The van der Waals surface area contributed by atoms with Crippen LogP contribution in [0.1, 0.15) is 349 Å². The molecule has 0 aliphatic heterocycles. The standard InChI is InChI=1S/C79H142O17P2/c1-5-9-13-17-21-25-29-33-36-40-43-47-51-55-59-63-76(81)89-69-74(95-78(83)65-61-57-53-49-45-39-32-28-24-20-16-12-8-4)71-93-97(85,86)91-67-73(80)68-92-98(87,88)94-72-75(96-79(84)66-62-58-54-50-46-42-38-35-31-27-23-19-15-11-7-3)70-90-77(82)64-60-56-52-48-44-41-37-34-30-26-22-18-14-10-6-2/h10,14,22,26,28,32-38,73-75,80H,5-9,11-13,15-21,23-25,27,29-31,39-72H2,1-4H3,(H,85,86)(H,87,88)/b14-10-,26-22-,32-28-,36-33-,37-34-,38-35-. The van der Waals surface area contributed by atoms with E-state index >= 15 is 0 Å². The van der Waals surface area contributed by atoms with E-state index in [0.29, 0.717) is 25.7 Å². The summed E-state index contributed by atoms with van der Waals surface area (Å²) in [6.45, 7) is 4.74. The molecule has 570 valence electrons. The summed E-state index contributed by atoms with van der Waals surface area (Å²) in [7, 11) is -9.95. The average Bonchev–Trinajstić information content (AvgIpc) is 1.04. The van der Waals surface area contributed by atoms with Crippen LogP contribution in [0.4, 0.5) is 0 Å². The molecule has 17 nitrogen and oxygen atoms in total. The summed E-state index contributed by atoms with van der Waals surface area (Å²) in [5, 5.41) is 10.6. The number of hydrogen-bond acceptors (Lipinski definition) is 15. The monoisotopic (exact) mass is 1420 g/mol. The van der Waals surface area contributed by atoms with Gasteiger partial charge in [-0.15, -0.1) is 0 Å². The fraction of sp³-hybridized carbons (Fsp3) is 0.797. The smallest absolute Gasteiger partial charge is 0.462 e. The molecule has 19 heteroatoms. The van der Waals surface area contributed by atoms with Crippen molar-refractivity contribution >= 4 is 39.5 Å². The van der Waals surface area contributed by atoms with Crippen LogP contribution in [-0.2, 0) is 65.4 Å². The summed E-state index contributed by atoms with van der Waals surface area (Å²) in [4.78, 5) is 72.9. The van der Waals surface area contributed by atoms with Crippen molar-refractivity contribution in [3.8, 4) is 0 Å². The summed E-state index contributed by atoms with van der Waals surface area (Å²) >= 11 is 0. The second-order valence-corrected chi connectivity index (χ2v) is 29.2. The van der Waals surface area contributed by atoms with E-state index < -0.39 is 97.5 Å². The first-order chi connectivity index (χ1) is 47.7. The number of allylic oxidation sites excluding steroid dienone is 12. The molecule has 3 N–H and O–H groups in total. The molecular weight excluding hydrogens is 1280 g/mol. The third-order valence-corrected chi connectivity index (χ3v) is 18.5. The maximum atomic E-state index is 13.1. The van der Waals surface area contributed by atoms with Gasteiger partial charge < -0.3 is 33.8 Å². The fourth-order valence-corrected chi connectivity index (χ4v) is 12.2. The topological polar surface area (TPSA) is 237 Å². The van der Waals surface area contributed by atoms with Crippen LogP contribution in [0.3, 0.4) is 0 Å². The molecule has 0 heterocycles. The van der Waals surface area contributed by atoms with Gasteiger partial charge in [0, 0.05) is 25.7 Å². The molecule has 5 unspecified atom stereocenters. The SMILES string of the molecule is CC/C=C\C/C=C\C/C=C\CCCCCCCC(=O)OCC(COP(=O)(O)OCC(O)COP(=O)(O)OCC(COC(=O)CCCCCCC/C=C\CCCCCCCC)OC(=O)CCCCCCC/C=C\CCCCCC)OC(=O)CCCCCCC/C=C\CCCCCCCC. The van der Waals surface area contributed by atoms with Gasteiger partial charge in [-0.2, -0.15) is 0 Å². The van der Waals surface area contributed by atoms with Gasteiger partial charge in [-0.3, -0.25) is 37.3 Å². The summed E-state index contributed by atoms with van der Waals surface area (Å²) in [6.07, 6.45) is 71.7. The summed E-state index contributed by atoms with van der Waals surface area (Å²) in [6, 6.07) is 0. The highest BCUT2D eigenvalue weighted by Crippen LogP contribution is 2.45. The molecular formula is C79H142O17P2. The molecule has 98 heavy (non-hydrogen) atoms. The van der Waals surface area contributed by atoms with Gasteiger partial charge in [0.1, 0.15) is 19.3 Å². The number of rotatable bonds is 74. The van der Waals surface area contributed by atoms with Crippen LogP contribution in [0.5, 0.6) is 0 Å². The fourth-order valence-electron chi connectivity index (χ4n) is 10.6. The van der Waals surface area contributed by atoms with E-state index in [9.17, 15) is 43.2 Å². The molecule has 0 aromatic heterocycles. The maximum absolute atomic E-state index is 13.1. The van der Waals surface area contributed by atoms with E-state index in [0.717, 1.165) is 167 Å². The first-order valence-electron chi connectivity index (χ1n) is 39.2. The number of aliphatic hydroxyl groups is 1. The van der Waals surface area contributed by atoms with Crippen molar-refractivity contribution in [1.29, 1.82) is 0 Å². The quantitative estimate of drug-likeness (QED) is 0.0169. The zero-order valence-electron chi connectivity index (χ0n) is 62.2. The van der Waals surface area contributed by atoms with E-state index in [1.165, 1.54) is 103 Å². The van der Waals surface area contributed by atoms with E-state index in [1.807, 2.05) is 0 Å². The van der Waals surface area contributed by atoms with E-state index in [1.54, 1.807) is 0 Å². The van der Waals surface area contributed by atoms with Gasteiger partial charge in [-0.25, -0.2) is 9.13 Å². The predicted octanol–water partition coefficient (Wildman–Crippen LogP) is 22.4. The minimum atomic E-state index is -4.98. The summed E-state index contributed by atoms with van der Waals surface area (Å²) < 4.78 is 68.5. The van der Waals surface area contributed by atoms with Gasteiger partial charge in [-0.1, -0.05) is 261 Å². The number of carbonyl (C=O) groups is 4. The second kappa shape index (κ2) is 71.9. The Morgan fingerprint density at radius 1 is 0.296 bits per heavy atom. The minimum Gasteiger partial charge on any atom is -0.462 e. The first-order valence-corrected chi connectivity index (χ1v) is 42.2. The van der Waals surface area contributed by atoms with Gasteiger partial charge in [0.25, 0.3) is 0 Å². The number of esters is 4. The maximum Gasteiger partial charge on any atom is 0.472 e. The Kier molecular flexibility index (Phi) is 69.3. The molecule has 0 aliphatic rings. The summed E-state index contributed by atoms with van der Waals surface area (Å²) in [5.41, 5.74) is 0. The van der Waals surface area contributed by atoms with Gasteiger partial charge in [-0.05, 0) is 135 Å². The zero-order chi connectivity index (χ0) is 71.8. The second-order valence-electron chi connectivity index (χ2n) is 26.3. The van der Waals surface area contributed by atoms with Gasteiger partial charge >= 0.3 is 39.5 Å². The molecule has 0 saturated heterocycles. The number of phosphoric acid groups is 2. The molecule has 0 radical (unpaired) electrons. The van der Waals surface area contributed by atoms with Crippen LogP contribution < -0.4 is 0 Å². The van der Waals surface area contributed by atoms with Crippen molar-refractivity contribution in [2.24, 2.45) is 0 Å². The van der Waals surface area contributed by atoms with Gasteiger partial charge in [0.2, 0.25) is 0 Å². The molecule has 0 aromatic carbocycles. The Bertz CT molecular complexity index is 2140. The third kappa shape index (κ3) is 70.9. The van der Waals surface area contributed by atoms with Crippen molar-refractivity contribution in [3.05, 3.63) is 72.9 Å². The molecule has 0 rings (SSSR count). The lowest BCUT2D eigenvalue weighted by Gasteiger charge is -2.21. The molecule has 0 spiro atoms. The third-order valence-electron chi connectivity index (χ3n) is 16.6. The molecule has 0 bridgehead atoms. The van der Waals surface area contributed by atoms with Crippen molar-refractivity contribution in [2.75, 3.05) is 39.6 Å².